The molecule has 3 aromatic carbocycles. The molecule has 0 aliphatic carbocycles. The Morgan fingerprint density at radius 1 is 0.667 bits per heavy atom. The lowest BCUT2D eigenvalue weighted by Crippen LogP contribution is -2.19. The van der Waals surface area contributed by atoms with Crippen molar-refractivity contribution >= 4 is 44.7 Å². The van der Waals surface area contributed by atoms with Crippen molar-refractivity contribution in [3.05, 3.63) is 83.3 Å². The second kappa shape index (κ2) is 7.66. The van der Waals surface area contributed by atoms with Crippen LogP contribution in [0, 0.1) is 0 Å². The Morgan fingerprint density at radius 3 is 1.92 bits per heavy atom. The summed E-state index contributed by atoms with van der Waals surface area (Å²) in [5, 5.41) is 8.89. The Balaban J connectivity index is 1.59. The van der Waals surface area contributed by atoms with E-state index in [0.717, 1.165) is 27.2 Å². The Morgan fingerprint density at radius 2 is 1.25 bits per heavy atom. The number of carbonyl (C=O) groups excluding carboxylic acids is 1. The standard InChI is InChI=1S/C19H16BrN3O/c20-14-5-4-8-18(13-14)21-16-9-11-17(12-10-16)23-19(24)22-15-6-2-1-3-7-15/h1-13,21H,(H2,22,23,24). The van der Waals surface area contributed by atoms with Gasteiger partial charge in [0.2, 0.25) is 0 Å². The molecule has 0 bridgehead atoms. The van der Waals surface area contributed by atoms with Gasteiger partial charge in [-0.15, -0.1) is 0 Å². The SMILES string of the molecule is O=C(Nc1ccccc1)Nc1ccc(Nc2cccc(Br)c2)cc1. The lowest BCUT2D eigenvalue weighted by molar-refractivity contribution is 0.262. The van der Waals surface area contributed by atoms with Crippen LogP contribution >= 0.6 is 15.9 Å². The maximum absolute atomic E-state index is 12.0. The summed E-state index contributed by atoms with van der Waals surface area (Å²) >= 11 is 3.45. The summed E-state index contributed by atoms with van der Waals surface area (Å²) in [5.74, 6) is 0. The van der Waals surface area contributed by atoms with Crippen LogP contribution in [0.1, 0.15) is 0 Å². The van der Waals surface area contributed by atoms with Gasteiger partial charge in [-0.3, -0.25) is 0 Å². The minimum Gasteiger partial charge on any atom is -0.355 e. The summed E-state index contributed by atoms with van der Waals surface area (Å²) < 4.78 is 1.02. The summed E-state index contributed by atoms with van der Waals surface area (Å²) in [6.07, 6.45) is 0. The minimum atomic E-state index is -0.270. The van der Waals surface area contributed by atoms with Gasteiger partial charge in [0.1, 0.15) is 0 Å². The molecule has 0 radical (unpaired) electrons. The first-order valence-electron chi connectivity index (χ1n) is 7.45. The van der Waals surface area contributed by atoms with Gasteiger partial charge in [0, 0.05) is 27.2 Å². The van der Waals surface area contributed by atoms with E-state index < -0.39 is 0 Å². The van der Waals surface area contributed by atoms with Crippen molar-refractivity contribution < 1.29 is 4.79 Å². The molecule has 3 rings (SSSR count). The van der Waals surface area contributed by atoms with E-state index in [-0.39, 0.29) is 6.03 Å². The number of hydrogen-bond acceptors (Lipinski definition) is 2. The molecule has 0 aliphatic rings. The molecule has 24 heavy (non-hydrogen) atoms. The highest BCUT2D eigenvalue weighted by molar-refractivity contribution is 9.10. The summed E-state index contributed by atoms with van der Waals surface area (Å²) in [5.41, 5.74) is 3.42. The molecule has 0 spiro atoms. The third-order valence-electron chi connectivity index (χ3n) is 3.29. The number of anilines is 4. The molecular weight excluding hydrogens is 366 g/mol. The molecule has 4 nitrogen and oxygen atoms in total. The van der Waals surface area contributed by atoms with Crippen molar-refractivity contribution in [1.29, 1.82) is 0 Å². The maximum atomic E-state index is 12.0. The number of halogens is 1. The number of rotatable bonds is 4. The van der Waals surface area contributed by atoms with Gasteiger partial charge in [-0.05, 0) is 54.6 Å². The van der Waals surface area contributed by atoms with Crippen molar-refractivity contribution in [1.82, 2.24) is 0 Å². The van der Waals surface area contributed by atoms with E-state index in [1.807, 2.05) is 78.9 Å². The van der Waals surface area contributed by atoms with Gasteiger partial charge in [-0.2, -0.15) is 0 Å². The molecule has 3 aromatic rings. The normalized spacial score (nSPS) is 10.0. The molecule has 2 amide bonds. The molecule has 0 aromatic heterocycles. The zero-order valence-corrected chi connectivity index (χ0v) is 14.4. The quantitative estimate of drug-likeness (QED) is 0.531. The van der Waals surface area contributed by atoms with Crippen molar-refractivity contribution in [3.8, 4) is 0 Å². The fraction of sp³-hybridized carbons (Fsp3) is 0. The van der Waals surface area contributed by atoms with E-state index in [0.29, 0.717) is 0 Å². The van der Waals surface area contributed by atoms with E-state index in [4.69, 9.17) is 0 Å². The van der Waals surface area contributed by atoms with Crippen molar-refractivity contribution in [3.63, 3.8) is 0 Å². The van der Waals surface area contributed by atoms with Crippen LogP contribution in [0.25, 0.3) is 0 Å². The van der Waals surface area contributed by atoms with Crippen LogP contribution in [-0.4, -0.2) is 6.03 Å². The number of benzene rings is 3. The number of hydrogen-bond donors (Lipinski definition) is 3. The first kappa shape index (κ1) is 16.1. The van der Waals surface area contributed by atoms with Crippen LogP contribution in [0.15, 0.2) is 83.3 Å². The Hall–Kier alpha value is -2.79. The Labute approximate surface area is 149 Å². The smallest absolute Gasteiger partial charge is 0.323 e. The van der Waals surface area contributed by atoms with Crippen LogP contribution in [0.5, 0.6) is 0 Å². The predicted octanol–water partition coefficient (Wildman–Crippen LogP) is 5.84. The van der Waals surface area contributed by atoms with E-state index in [1.165, 1.54) is 0 Å². The first-order chi connectivity index (χ1) is 11.7. The van der Waals surface area contributed by atoms with Gasteiger partial charge in [0.15, 0.2) is 0 Å². The fourth-order valence-electron chi connectivity index (χ4n) is 2.18. The number of nitrogens with one attached hydrogen (secondary N) is 3. The van der Waals surface area contributed by atoms with E-state index in [2.05, 4.69) is 31.9 Å². The molecular formula is C19H16BrN3O. The zero-order valence-electron chi connectivity index (χ0n) is 12.8. The fourth-order valence-corrected chi connectivity index (χ4v) is 2.58. The highest BCUT2D eigenvalue weighted by Gasteiger charge is 2.02. The molecule has 0 fully saturated rings. The highest BCUT2D eigenvalue weighted by Crippen LogP contribution is 2.21. The Kier molecular flexibility index (Phi) is 5.13. The molecule has 0 saturated carbocycles. The van der Waals surface area contributed by atoms with Crippen LogP contribution in [-0.2, 0) is 0 Å². The minimum absolute atomic E-state index is 0.270. The van der Waals surface area contributed by atoms with Crippen LogP contribution in [0.3, 0.4) is 0 Å². The monoisotopic (exact) mass is 381 g/mol. The molecule has 5 heteroatoms. The molecule has 120 valence electrons. The predicted molar refractivity (Wildman–Crippen MR) is 103 cm³/mol. The first-order valence-corrected chi connectivity index (χ1v) is 8.24. The summed E-state index contributed by atoms with van der Waals surface area (Å²) in [6, 6.07) is 24.5. The molecule has 0 atom stereocenters. The van der Waals surface area contributed by atoms with Crippen molar-refractivity contribution in [2.45, 2.75) is 0 Å². The maximum Gasteiger partial charge on any atom is 0.323 e. The van der Waals surface area contributed by atoms with Gasteiger partial charge >= 0.3 is 6.03 Å². The number of para-hydroxylation sites is 1. The van der Waals surface area contributed by atoms with Gasteiger partial charge in [-0.1, -0.05) is 40.2 Å². The van der Waals surface area contributed by atoms with Gasteiger partial charge in [-0.25, -0.2) is 4.79 Å². The van der Waals surface area contributed by atoms with Gasteiger partial charge in [0.05, 0.1) is 0 Å². The van der Waals surface area contributed by atoms with Crippen LogP contribution in [0.2, 0.25) is 0 Å². The number of urea groups is 1. The Bertz CT molecular complexity index is 820. The van der Waals surface area contributed by atoms with Gasteiger partial charge < -0.3 is 16.0 Å². The van der Waals surface area contributed by atoms with E-state index in [1.54, 1.807) is 0 Å². The van der Waals surface area contributed by atoms with Crippen LogP contribution in [0.4, 0.5) is 27.5 Å². The van der Waals surface area contributed by atoms with Crippen molar-refractivity contribution in [2.75, 3.05) is 16.0 Å². The van der Waals surface area contributed by atoms with E-state index in [9.17, 15) is 4.79 Å². The summed E-state index contributed by atoms with van der Waals surface area (Å²) in [7, 11) is 0. The molecule has 0 aliphatic heterocycles. The number of amides is 2. The third-order valence-corrected chi connectivity index (χ3v) is 3.78. The zero-order chi connectivity index (χ0) is 16.8. The second-order valence-corrected chi connectivity index (χ2v) is 6.07. The lowest BCUT2D eigenvalue weighted by Gasteiger charge is -2.10. The summed E-state index contributed by atoms with van der Waals surface area (Å²) in [6.45, 7) is 0. The van der Waals surface area contributed by atoms with E-state index >= 15 is 0 Å². The molecule has 0 unspecified atom stereocenters. The summed E-state index contributed by atoms with van der Waals surface area (Å²) in [4.78, 5) is 12.0. The highest BCUT2D eigenvalue weighted by atomic mass is 79.9. The molecule has 0 saturated heterocycles. The lowest BCUT2D eigenvalue weighted by atomic mass is 10.2. The number of carbonyl (C=O) groups is 1. The third kappa shape index (κ3) is 4.60. The average molecular weight is 382 g/mol. The van der Waals surface area contributed by atoms with Crippen LogP contribution < -0.4 is 16.0 Å². The largest absolute Gasteiger partial charge is 0.355 e. The molecule has 0 heterocycles. The van der Waals surface area contributed by atoms with Crippen molar-refractivity contribution in [2.24, 2.45) is 0 Å². The average Bonchev–Trinajstić information content (AvgIpc) is 2.57. The molecule has 3 N–H and O–H groups in total. The van der Waals surface area contributed by atoms with Gasteiger partial charge in [0.25, 0.3) is 0 Å². The second-order valence-electron chi connectivity index (χ2n) is 5.16. The topological polar surface area (TPSA) is 53.2 Å².